The molecule has 1 aliphatic rings. The Morgan fingerprint density at radius 2 is 1.40 bits per heavy atom. The standard InChI is InChI=1S/C20H19N5O.2C2H6/c1-13-17-18(23-20(21-13)22-14-9-5-4-6-10-14)24(2)16-12-8-7-11-15(16)19(26)25(17)3;2*1-2/h4-12H,1-3H3,(H,21,22,23);2*1-2H3. The summed E-state index contributed by atoms with van der Waals surface area (Å²) >= 11 is 0. The Bertz CT molecular complexity index is 988. The van der Waals surface area contributed by atoms with E-state index in [1.54, 1.807) is 11.9 Å². The molecule has 0 unspecified atom stereocenters. The van der Waals surface area contributed by atoms with Crippen molar-refractivity contribution in [3.63, 3.8) is 0 Å². The van der Waals surface area contributed by atoms with Gasteiger partial charge in [0.05, 0.1) is 16.9 Å². The highest BCUT2D eigenvalue weighted by atomic mass is 16.2. The topological polar surface area (TPSA) is 61.4 Å². The number of hydrogen-bond donors (Lipinski definition) is 1. The molecule has 3 aromatic rings. The smallest absolute Gasteiger partial charge is 0.260 e. The summed E-state index contributed by atoms with van der Waals surface area (Å²) in [6, 6.07) is 17.3. The fraction of sp³-hybridized carbons (Fsp3) is 0.292. The van der Waals surface area contributed by atoms with Gasteiger partial charge in [-0.1, -0.05) is 58.0 Å². The highest BCUT2D eigenvalue weighted by Crippen LogP contribution is 2.39. The van der Waals surface area contributed by atoms with Gasteiger partial charge in [0.2, 0.25) is 5.95 Å². The molecule has 1 aromatic heterocycles. The number of rotatable bonds is 2. The van der Waals surface area contributed by atoms with E-state index in [9.17, 15) is 4.79 Å². The summed E-state index contributed by atoms with van der Waals surface area (Å²) in [7, 11) is 3.68. The quantitative estimate of drug-likeness (QED) is 0.572. The van der Waals surface area contributed by atoms with Crippen molar-refractivity contribution >= 4 is 34.7 Å². The zero-order chi connectivity index (χ0) is 22.3. The van der Waals surface area contributed by atoms with Crippen LogP contribution in [0.2, 0.25) is 0 Å². The predicted octanol–water partition coefficient (Wildman–Crippen LogP) is 5.94. The number of carbonyl (C=O) groups is 1. The summed E-state index contributed by atoms with van der Waals surface area (Å²) < 4.78 is 0. The molecule has 0 spiro atoms. The van der Waals surface area contributed by atoms with Crippen molar-refractivity contribution in [1.82, 2.24) is 9.97 Å². The molecule has 1 aliphatic heterocycles. The van der Waals surface area contributed by atoms with Gasteiger partial charge in [0.15, 0.2) is 5.82 Å². The van der Waals surface area contributed by atoms with Gasteiger partial charge in [0.25, 0.3) is 5.91 Å². The van der Waals surface area contributed by atoms with Gasteiger partial charge in [-0.3, -0.25) is 4.79 Å². The molecule has 30 heavy (non-hydrogen) atoms. The van der Waals surface area contributed by atoms with Gasteiger partial charge >= 0.3 is 0 Å². The maximum atomic E-state index is 12.9. The average molecular weight is 406 g/mol. The largest absolute Gasteiger partial charge is 0.327 e. The van der Waals surface area contributed by atoms with Crippen LogP contribution in [0.3, 0.4) is 0 Å². The molecule has 0 saturated carbocycles. The molecule has 158 valence electrons. The van der Waals surface area contributed by atoms with Crippen LogP contribution in [0.5, 0.6) is 0 Å². The van der Waals surface area contributed by atoms with Gasteiger partial charge < -0.3 is 15.1 Å². The molecule has 0 bridgehead atoms. The van der Waals surface area contributed by atoms with Crippen molar-refractivity contribution < 1.29 is 4.79 Å². The first-order valence-corrected chi connectivity index (χ1v) is 10.4. The second kappa shape index (κ2) is 10.4. The second-order valence-corrected chi connectivity index (χ2v) is 6.24. The Morgan fingerprint density at radius 1 is 0.800 bits per heavy atom. The first-order valence-electron chi connectivity index (χ1n) is 10.4. The number of hydrogen-bond acceptors (Lipinski definition) is 5. The highest BCUT2D eigenvalue weighted by molar-refractivity contribution is 6.13. The average Bonchev–Trinajstić information content (AvgIpc) is 2.87. The van der Waals surface area contributed by atoms with E-state index in [1.165, 1.54) is 0 Å². The third-order valence-electron chi connectivity index (χ3n) is 4.52. The van der Waals surface area contributed by atoms with Crippen molar-refractivity contribution in [2.24, 2.45) is 0 Å². The summed E-state index contributed by atoms with van der Waals surface area (Å²) in [6.45, 7) is 9.89. The van der Waals surface area contributed by atoms with Gasteiger partial charge in [-0.2, -0.15) is 4.98 Å². The van der Waals surface area contributed by atoms with Crippen LogP contribution in [-0.2, 0) is 0 Å². The summed E-state index contributed by atoms with van der Waals surface area (Å²) in [6.07, 6.45) is 0. The number of aromatic nitrogens is 2. The molecule has 0 saturated heterocycles. The van der Waals surface area contributed by atoms with Gasteiger partial charge in [0, 0.05) is 19.8 Å². The Balaban J connectivity index is 0.000000757. The van der Waals surface area contributed by atoms with Crippen LogP contribution in [0, 0.1) is 6.92 Å². The van der Waals surface area contributed by atoms with Crippen molar-refractivity contribution in [1.29, 1.82) is 0 Å². The lowest BCUT2D eigenvalue weighted by molar-refractivity contribution is 0.0994. The molecule has 2 heterocycles. The van der Waals surface area contributed by atoms with Crippen LogP contribution >= 0.6 is 0 Å². The molecule has 4 rings (SSSR count). The Kier molecular flexibility index (Phi) is 7.92. The zero-order valence-electron chi connectivity index (χ0n) is 18.9. The molecular formula is C24H31N5O. The monoisotopic (exact) mass is 405 g/mol. The summed E-state index contributed by atoms with van der Waals surface area (Å²) in [5.74, 6) is 1.12. The van der Waals surface area contributed by atoms with E-state index in [1.807, 2.05) is 101 Å². The predicted molar refractivity (Wildman–Crippen MR) is 126 cm³/mol. The van der Waals surface area contributed by atoms with E-state index in [0.717, 1.165) is 17.1 Å². The third-order valence-corrected chi connectivity index (χ3v) is 4.52. The minimum atomic E-state index is -0.0679. The van der Waals surface area contributed by atoms with Crippen LogP contribution in [0.15, 0.2) is 54.6 Å². The van der Waals surface area contributed by atoms with Crippen molar-refractivity contribution in [3.05, 3.63) is 65.9 Å². The fourth-order valence-electron chi connectivity index (χ4n) is 3.23. The molecule has 1 N–H and O–H groups in total. The normalized spacial score (nSPS) is 11.8. The van der Waals surface area contributed by atoms with Gasteiger partial charge in [0.1, 0.15) is 5.69 Å². The van der Waals surface area contributed by atoms with Crippen molar-refractivity contribution in [2.75, 3.05) is 29.2 Å². The van der Waals surface area contributed by atoms with Gasteiger partial charge in [-0.25, -0.2) is 4.98 Å². The first-order chi connectivity index (χ1) is 14.6. The lowest BCUT2D eigenvalue weighted by Crippen LogP contribution is -2.26. The fourth-order valence-corrected chi connectivity index (χ4v) is 3.23. The lowest BCUT2D eigenvalue weighted by Gasteiger charge is -2.23. The summed E-state index contributed by atoms with van der Waals surface area (Å²) in [5.41, 5.74) is 3.84. The highest BCUT2D eigenvalue weighted by Gasteiger charge is 2.30. The SMILES string of the molecule is CC.CC.Cc1nc(Nc2ccccc2)nc2c1N(C)C(=O)c1ccccc1N2C. The number of amides is 1. The number of nitrogens with zero attached hydrogens (tertiary/aromatic N) is 4. The van der Waals surface area contributed by atoms with E-state index in [2.05, 4.69) is 10.3 Å². The first kappa shape index (κ1) is 22.9. The number of anilines is 5. The molecular weight excluding hydrogens is 374 g/mol. The van der Waals surface area contributed by atoms with Crippen LogP contribution < -0.4 is 15.1 Å². The summed E-state index contributed by atoms with van der Waals surface area (Å²) in [5, 5.41) is 3.23. The molecule has 0 atom stereocenters. The van der Waals surface area contributed by atoms with Crippen molar-refractivity contribution in [2.45, 2.75) is 34.6 Å². The molecule has 2 aromatic carbocycles. The number of para-hydroxylation sites is 2. The van der Waals surface area contributed by atoms with E-state index in [4.69, 9.17) is 4.98 Å². The van der Waals surface area contributed by atoms with Crippen molar-refractivity contribution in [3.8, 4) is 0 Å². The molecule has 6 heteroatoms. The summed E-state index contributed by atoms with van der Waals surface area (Å²) in [4.78, 5) is 25.7. The molecule has 1 amide bonds. The van der Waals surface area contributed by atoms with Crippen LogP contribution in [0.4, 0.5) is 28.8 Å². The molecule has 0 aliphatic carbocycles. The van der Waals surface area contributed by atoms with Gasteiger partial charge in [-0.05, 0) is 31.2 Å². The lowest BCUT2D eigenvalue weighted by atomic mass is 10.1. The second-order valence-electron chi connectivity index (χ2n) is 6.24. The van der Waals surface area contributed by atoms with Crippen LogP contribution in [-0.4, -0.2) is 30.0 Å². The number of carbonyl (C=O) groups excluding carboxylic acids is 1. The van der Waals surface area contributed by atoms with E-state index < -0.39 is 0 Å². The van der Waals surface area contributed by atoms with Crippen LogP contribution in [0.25, 0.3) is 0 Å². The van der Waals surface area contributed by atoms with Gasteiger partial charge in [-0.15, -0.1) is 0 Å². The number of nitrogens with one attached hydrogen (secondary N) is 1. The molecule has 6 nitrogen and oxygen atoms in total. The Hall–Kier alpha value is -3.41. The molecule has 0 radical (unpaired) electrons. The maximum absolute atomic E-state index is 12.9. The number of fused-ring (bicyclic) bond motifs is 2. The van der Waals surface area contributed by atoms with E-state index in [-0.39, 0.29) is 5.91 Å². The number of benzene rings is 2. The van der Waals surface area contributed by atoms with E-state index >= 15 is 0 Å². The Morgan fingerprint density at radius 3 is 2.07 bits per heavy atom. The minimum Gasteiger partial charge on any atom is -0.327 e. The zero-order valence-corrected chi connectivity index (χ0v) is 18.9. The molecule has 0 fully saturated rings. The minimum absolute atomic E-state index is 0.0679. The maximum Gasteiger partial charge on any atom is 0.260 e. The Labute approximate surface area is 179 Å². The van der Waals surface area contributed by atoms with E-state index in [0.29, 0.717) is 23.0 Å². The number of aryl methyl sites for hydroxylation is 1. The third kappa shape index (κ3) is 4.43. The van der Waals surface area contributed by atoms with Crippen LogP contribution in [0.1, 0.15) is 43.7 Å².